The van der Waals surface area contributed by atoms with Crippen LogP contribution in [0.15, 0.2) is 29.2 Å². The highest BCUT2D eigenvalue weighted by atomic mass is 35.5. The van der Waals surface area contributed by atoms with Crippen molar-refractivity contribution in [1.29, 1.82) is 0 Å². The maximum Gasteiger partial charge on any atom is 0.0592 e. The fourth-order valence-corrected chi connectivity index (χ4v) is 2.40. The van der Waals surface area contributed by atoms with E-state index >= 15 is 0 Å². The second kappa shape index (κ2) is 7.17. The van der Waals surface area contributed by atoms with Crippen LogP contribution in [0, 0.1) is 0 Å². The molecule has 1 aromatic rings. The van der Waals surface area contributed by atoms with Crippen LogP contribution in [0.3, 0.4) is 0 Å². The molecule has 1 rings (SSSR count). The quantitative estimate of drug-likeness (QED) is 0.771. The molecule has 0 saturated carbocycles. The van der Waals surface area contributed by atoms with E-state index in [1.54, 1.807) is 11.8 Å². The summed E-state index contributed by atoms with van der Waals surface area (Å²) in [5, 5.41) is 13.3. The molecule has 4 heteroatoms. The van der Waals surface area contributed by atoms with Gasteiger partial charge in [0.1, 0.15) is 0 Å². The molecule has 0 amide bonds. The van der Waals surface area contributed by atoms with Crippen LogP contribution < -0.4 is 5.32 Å². The van der Waals surface area contributed by atoms with Gasteiger partial charge in [-0.2, -0.15) is 0 Å². The average Bonchev–Trinajstić information content (AvgIpc) is 2.26. The summed E-state index contributed by atoms with van der Waals surface area (Å²) in [6, 6.07) is 8.29. The molecule has 90 valence electrons. The van der Waals surface area contributed by atoms with Gasteiger partial charge in [0.15, 0.2) is 0 Å². The van der Waals surface area contributed by atoms with Crippen LogP contribution in [-0.4, -0.2) is 29.5 Å². The minimum atomic E-state index is 0.140. The second-order valence-corrected chi connectivity index (χ2v) is 5.50. The third-order valence-corrected chi connectivity index (χ3v) is 3.48. The first-order valence-electron chi connectivity index (χ1n) is 5.37. The van der Waals surface area contributed by atoms with E-state index in [0.29, 0.717) is 6.04 Å². The molecule has 0 heterocycles. The molecule has 2 N–H and O–H groups in total. The van der Waals surface area contributed by atoms with Crippen molar-refractivity contribution >= 4 is 23.4 Å². The monoisotopic (exact) mass is 259 g/mol. The van der Waals surface area contributed by atoms with E-state index in [1.807, 2.05) is 24.3 Å². The molecule has 2 nitrogen and oxygen atoms in total. The van der Waals surface area contributed by atoms with E-state index in [1.165, 1.54) is 4.90 Å². The first-order valence-corrected chi connectivity index (χ1v) is 6.73. The summed E-state index contributed by atoms with van der Waals surface area (Å²) in [7, 11) is 0. The van der Waals surface area contributed by atoms with Crippen molar-refractivity contribution in [1.82, 2.24) is 5.32 Å². The zero-order valence-corrected chi connectivity index (χ0v) is 11.2. The van der Waals surface area contributed by atoms with E-state index in [0.717, 1.165) is 10.8 Å². The number of aliphatic hydroxyl groups excluding tert-OH is 1. The Kier molecular flexibility index (Phi) is 6.21. The molecule has 0 fully saturated rings. The van der Waals surface area contributed by atoms with Crippen molar-refractivity contribution in [2.75, 3.05) is 12.4 Å². The largest absolute Gasteiger partial charge is 0.395 e. The molecule has 16 heavy (non-hydrogen) atoms. The molecule has 0 bridgehead atoms. The van der Waals surface area contributed by atoms with Gasteiger partial charge >= 0.3 is 0 Å². The Balaban J connectivity index is 2.40. The van der Waals surface area contributed by atoms with Crippen LogP contribution >= 0.6 is 23.4 Å². The first kappa shape index (κ1) is 13.8. The summed E-state index contributed by atoms with van der Waals surface area (Å²) < 4.78 is 0. The minimum absolute atomic E-state index is 0.140. The van der Waals surface area contributed by atoms with Gasteiger partial charge in [0.25, 0.3) is 0 Å². The Morgan fingerprint density at radius 2 is 1.94 bits per heavy atom. The Morgan fingerprint density at radius 3 is 2.44 bits per heavy atom. The van der Waals surface area contributed by atoms with Gasteiger partial charge < -0.3 is 10.4 Å². The highest BCUT2D eigenvalue weighted by Crippen LogP contribution is 2.20. The van der Waals surface area contributed by atoms with Crippen LogP contribution in [-0.2, 0) is 0 Å². The summed E-state index contributed by atoms with van der Waals surface area (Å²) in [4.78, 5) is 1.17. The maximum atomic E-state index is 9.20. The summed E-state index contributed by atoms with van der Waals surface area (Å²) in [5.41, 5.74) is 0. The van der Waals surface area contributed by atoms with Crippen LogP contribution in [0.5, 0.6) is 0 Å². The van der Waals surface area contributed by atoms with Crippen LogP contribution in [0.4, 0.5) is 0 Å². The zero-order valence-electron chi connectivity index (χ0n) is 9.61. The van der Waals surface area contributed by atoms with E-state index in [4.69, 9.17) is 11.6 Å². The van der Waals surface area contributed by atoms with Crippen molar-refractivity contribution in [2.24, 2.45) is 0 Å². The Bertz CT molecular complexity index is 302. The molecule has 0 radical (unpaired) electrons. The zero-order chi connectivity index (χ0) is 12.0. The number of rotatable bonds is 6. The number of hydrogen-bond acceptors (Lipinski definition) is 3. The molecule has 0 aliphatic carbocycles. The van der Waals surface area contributed by atoms with Gasteiger partial charge in [-0.3, -0.25) is 0 Å². The predicted octanol–water partition coefficient (Wildman–Crippen LogP) is 2.79. The molecule has 1 unspecified atom stereocenters. The van der Waals surface area contributed by atoms with Crippen LogP contribution in [0.2, 0.25) is 5.02 Å². The van der Waals surface area contributed by atoms with Gasteiger partial charge in [0.2, 0.25) is 0 Å². The highest BCUT2D eigenvalue weighted by molar-refractivity contribution is 7.99. The standard InChI is InChI=1S/C12H18ClNOS/c1-9(2)14-11(7-15)8-16-12-5-3-10(13)4-6-12/h3-6,9,11,14-15H,7-8H2,1-2H3. The third kappa shape index (κ3) is 5.21. The Hall–Kier alpha value is -0.220. The van der Waals surface area contributed by atoms with Crippen molar-refractivity contribution in [3.05, 3.63) is 29.3 Å². The van der Waals surface area contributed by atoms with Crippen molar-refractivity contribution < 1.29 is 5.11 Å². The third-order valence-electron chi connectivity index (χ3n) is 2.05. The minimum Gasteiger partial charge on any atom is -0.395 e. The summed E-state index contributed by atoms with van der Waals surface area (Å²) in [6.07, 6.45) is 0. The lowest BCUT2D eigenvalue weighted by molar-refractivity contribution is 0.247. The predicted molar refractivity (Wildman–Crippen MR) is 71.3 cm³/mol. The van der Waals surface area contributed by atoms with Gasteiger partial charge in [-0.05, 0) is 24.3 Å². The maximum absolute atomic E-state index is 9.20. The number of nitrogens with one attached hydrogen (secondary N) is 1. The van der Waals surface area contributed by atoms with Crippen LogP contribution in [0.1, 0.15) is 13.8 Å². The Morgan fingerprint density at radius 1 is 1.31 bits per heavy atom. The molecule has 0 aromatic heterocycles. The van der Waals surface area contributed by atoms with Gasteiger partial charge in [-0.1, -0.05) is 25.4 Å². The normalized spacial score (nSPS) is 13.1. The molecule has 0 spiro atoms. The van der Waals surface area contributed by atoms with E-state index in [9.17, 15) is 5.11 Å². The number of hydrogen-bond donors (Lipinski definition) is 2. The van der Waals surface area contributed by atoms with E-state index in [2.05, 4.69) is 19.2 Å². The summed E-state index contributed by atoms with van der Waals surface area (Å²) in [6.45, 7) is 4.32. The Labute approximate surface area is 106 Å². The lowest BCUT2D eigenvalue weighted by Gasteiger charge is -2.18. The van der Waals surface area contributed by atoms with E-state index in [-0.39, 0.29) is 12.6 Å². The number of benzene rings is 1. The molecular formula is C12H18ClNOS. The average molecular weight is 260 g/mol. The fourth-order valence-electron chi connectivity index (χ4n) is 1.35. The molecule has 1 atom stereocenters. The van der Waals surface area contributed by atoms with Crippen molar-refractivity contribution in [3.8, 4) is 0 Å². The van der Waals surface area contributed by atoms with Gasteiger partial charge in [0, 0.05) is 27.8 Å². The van der Waals surface area contributed by atoms with Gasteiger partial charge in [-0.25, -0.2) is 0 Å². The highest BCUT2D eigenvalue weighted by Gasteiger charge is 2.08. The smallest absolute Gasteiger partial charge is 0.0592 e. The lowest BCUT2D eigenvalue weighted by atomic mass is 10.3. The van der Waals surface area contributed by atoms with Crippen LogP contribution in [0.25, 0.3) is 0 Å². The molecular weight excluding hydrogens is 242 g/mol. The second-order valence-electron chi connectivity index (χ2n) is 3.97. The topological polar surface area (TPSA) is 32.3 Å². The molecule has 0 aliphatic heterocycles. The number of halogens is 1. The van der Waals surface area contributed by atoms with Gasteiger partial charge in [0.05, 0.1) is 6.61 Å². The SMILES string of the molecule is CC(C)NC(CO)CSc1ccc(Cl)cc1. The summed E-state index contributed by atoms with van der Waals surface area (Å²) >= 11 is 7.53. The lowest BCUT2D eigenvalue weighted by Crippen LogP contribution is -2.39. The number of aliphatic hydroxyl groups is 1. The van der Waals surface area contributed by atoms with Crippen molar-refractivity contribution in [3.63, 3.8) is 0 Å². The van der Waals surface area contributed by atoms with E-state index < -0.39 is 0 Å². The summed E-state index contributed by atoms with van der Waals surface area (Å²) in [5.74, 6) is 0.857. The molecule has 0 saturated heterocycles. The van der Waals surface area contributed by atoms with Gasteiger partial charge in [-0.15, -0.1) is 11.8 Å². The number of thioether (sulfide) groups is 1. The van der Waals surface area contributed by atoms with Crippen molar-refractivity contribution in [2.45, 2.75) is 30.8 Å². The molecule has 0 aliphatic rings. The fraction of sp³-hybridized carbons (Fsp3) is 0.500. The first-order chi connectivity index (χ1) is 7.61. The molecule has 1 aromatic carbocycles.